The maximum atomic E-state index is 12.4. The van der Waals surface area contributed by atoms with Crippen LogP contribution < -0.4 is 14.8 Å². The normalized spacial score (nSPS) is 10.7. The number of esters is 1. The Balaban J connectivity index is 1.59. The van der Waals surface area contributed by atoms with Gasteiger partial charge in [0.25, 0.3) is 0 Å². The lowest BCUT2D eigenvalue weighted by molar-refractivity contribution is -0.111. The Morgan fingerprint density at radius 1 is 1.00 bits per heavy atom. The summed E-state index contributed by atoms with van der Waals surface area (Å²) in [5, 5.41) is 3.43. The van der Waals surface area contributed by atoms with E-state index in [4.69, 9.17) is 25.8 Å². The summed E-state index contributed by atoms with van der Waals surface area (Å²) < 4.78 is 16.5. The van der Waals surface area contributed by atoms with Crippen LogP contribution in [0, 0.1) is 0 Å². The minimum Gasteiger partial charge on any atom is -0.493 e. The highest BCUT2D eigenvalue weighted by atomic mass is 35.5. The highest BCUT2D eigenvalue weighted by Gasteiger charge is 2.09. The molecule has 0 atom stereocenters. The highest BCUT2D eigenvalue weighted by Crippen LogP contribution is 2.29. The van der Waals surface area contributed by atoms with Crippen molar-refractivity contribution < 1.29 is 23.8 Å². The van der Waals surface area contributed by atoms with E-state index in [1.54, 1.807) is 49.6 Å². The van der Waals surface area contributed by atoms with Gasteiger partial charge in [-0.2, -0.15) is 0 Å². The van der Waals surface area contributed by atoms with Gasteiger partial charge in [-0.3, -0.25) is 4.79 Å². The number of halogens is 1. The lowest BCUT2D eigenvalue weighted by atomic mass is 10.1. The van der Waals surface area contributed by atoms with Crippen LogP contribution in [0.25, 0.3) is 6.08 Å². The predicted molar refractivity (Wildman–Crippen MR) is 138 cm³/mol. The first-order chi connectivity index (χ1) is 17.0. The third kappa shape index (κ3) is 8.19. The quantitative estimate of drug-likeness (QED) is 0.186. The number of benzene rings is 3. The van der Waals surface area contributed by atoms with Crippen LogP contribution in [-0.2, 0) is 16.1 Å². The molecule has 0 aliphatic rings. The van der Waals surface area contributed by atoms with E-state index < -0.39 is 5.97 Å². The Morgan fingerprint density at radius 2 is 1.80 bits per heavy atom. The smallest absolute Gasteiger partial charge is 0.338 e. The van der Waals surface area contributed by atoms with Crippen molar-refractivity contribution in [1.82, 2.24) is 0 Å². The number of hydrogen-bond acceptors (Lipinski definition) is 5. The molecule has 1 N–H and O–H groups in total. The minimum absolute atomic E-state index is 0.330. The monoisotopic (exact) mass is 493 g/mol. The number of ether oxygens (including phenoxy) is 3. The molecule has 3 aromatic carbocycles. The van der Waals surface area contributed by atoms with E-state index in [1.165, 1.54) is 6.08 Å². The fourth-order valence-corrected chi connectivity index (χ4v) is 3.25. The van der Waals surface area contributed by atoms with Crippen molar-refractivity contribution in [3.8, 4) is 11.5 Å². The van der Waals surface area contributed by atoms with Gasteiger partial charge in [-0.15, -0.1) is 0 Å². The largest absolute Gasteiger partial charge is 0.493 e. The number of unbranched alkanes of at least 4 members (excludes halogenated alkanes) is 1. The lowest BCUT2D eigenvalue weighted by Gasteiger charge is -2.11. The number of anilines is 1. The number of rotatable bonds is 11. The molecule has 0 unspecified atom stereocenters. The Hall–Kier alpha value is -3.77. The van der Waals surface area contributed by atoms with Crippen LogP contribution in [-0.4, -0.2) is 25.6 Å². The molecule has 7 heteroatoms. The molecule has 3 rings (SSSR count). The zero-order valence-corrected chi connectivity index (χ0v) is 20.5. The van der Waals surface area contributed by atoms with Gasteiger partial charge in [0.2, 0.25) is 5.91 Å². The highest BCUT2D eigenvalue weighted by molar-refractivity contribution is 6.30. The van der Waals surface area contributed by atoms with Crippen molar-refractivity contribution in [2.75, 3.05) is 19.0 Å². The Bertz CT molecular complexity index is 1170. The topological polar surface area (TPSA) is 73.9 Å². The molecule has 0 heterocycles. The fourth-order valence-electron chi connectivity index (χ4n) is 3.12. The lowest BCUT2D eigenvalue weighted by Crippen LogP contribution is -2.10. The average Bonchev–Trinajstić information content (AvgIpc) is 2.87. The maximum absolute atomic E-state index is 12.4. The van der Waals surface area contributed by atoms with Crippen LogP contribution in [0.1, 0.15) is 41.3 Å². The van der Waals surface area contributed by atoms with E-state index in [1.807, 2.05) is 37.3 Å². The first-order valence-electron chi connectivity index (χ1n) is 11.3. The standard InChI is InChI=1S/C28H28ClNO5/c1-3-4-16-34-28(32)22-6-5-7-24(18-22)30-27(31)15-11-20-10-14-25(26(17-20)33-2)35-19-21-8-12-23(29)13-9-21/h5-15,17-18H,3-4,16,19H2,1-2H3,(H,30,31)/b15-11+. The van der Waals surface area contributed by atoms with Crippen molar-refractivity contribution in [2.45, 2.75) is 26.4 Å². The summed E-state index contributed by atoms with van der Waals surface area (Å²) in [6, 6.07) is 19.5. The van der Waals surface area contributed by atoms with Gasteiger partial charge in [0.1, 0.15) is 6.61 Å². The second kappa shape index (κ2) is 13.2. The number of hydrogen-bond donors (Lipinski definition) is 1. The summed E-state index contributed by atoms with van der Waals surface area (Å²) >= 11 is 5.92. The van der Waals surface area contributed by atoms with Crippen molar-refractivity contribution >= 4 is 35.2 Å². The molecule has 0 radical (unpaired) electrons. The molecule has 3 aromatic rings. The minimum atomic E-state index is -0.407. The summed E-state index contributed by atoms with van der Waals surface area (Å²) in [6.45, 7) is 2.78. The van der Waals surface area contributed by atoms with Crippen LogP contribution >= 0.6 is 11.6 Å². The number of amides is 1. The zero-order chi connectivity index (χ0) is 25.0. The van der Waals surface area contributed by atoms with E-state index in [0.717, 1.165) is 24.0 Å². The van der Waals surface area contributed by atoms with Gasteiger partial charge in [-0.1, -0.05) is 49.2 Å². The summed E-state index contributed by atoms with van der Waals surface area (Å²) in [7, 11) is 1.56. The van der Waals surface area contributed by atoms with E-state index in [9.17, 15) is 9.59 Å². The molecule has 6 nitrogen and oxygen atoms in total. The van der Waals surface area contributed by atoms with Crippen molar-refractivity contribution in [3.05, 3.63) is 94.5 Å². The summed E-state index contributed by atoms with van der Waals surface area (Å²) in [4.78, 5) is 24.5. The Kier molecular flexibility index (Phi) is 9.75. The van der Waals surface area contributed by atoms with Crippen LogP contribution in [0.3, 0.4) is 0 Å². The second-order valence-corrected chi connectivity index (χ2v) is 8.15. The predicted octanol–water partition coefficient (Wildman–Crippen LogP) is 6.54. The molecule has 0 aromatic heterocycles. The number of nitrogens with one attached hydrogen (secondary N) is 1. The molecule has 0 bridgehead atoms. The van der Waals surface area contributed by atoms with Gasteiger partial charge in [0, 0.05) is 16.8 Å². The molecular formula is C28H28ClNO5. The summed E-state index contributed by atoms with van der Waals surface area (Å²) in [6.07, 6.45) is 4.84. The molecule has 0 fully saturated rings. The fraction of sp³-hybridized carbons (Fsp3) is 0.214. The van der Waals surface area contributed by atoms with Crippen molar-refractivity contribution in [3.63, 3.8) is 0 Å². The maximum Gasteiger partial charge on any atom is 0.338 e. The van der Waals surface area contributed by atoms with Crippen LogP contribution in [0.15, 0.2) is 72.8 Å². The molecule has 35 heavy (non-hydrogen) atoms. The van der Waals surface area contributed by atoms with Crippen molar-refractivity contribution in [2.24, 2.45) is 0 Å². The van der Waals surface area contributed by atoms with Crippen molar-refractivity contribution in [1.29, 1.82) is 0 Å². The molecule has 0 saturated heterocycles. The third-order valence-corrected chi connectivity index (χ3v) is 5.27. The van der Waals surface area contributed by atoms with E-state index in [0.29, 0.717) is 41.0 Å². The van der Waals surface area contributed by atoms with Gasteiger partial charge in [-0.25, -0.2) is 4.79 Å². The summed E-state index contributed by atoms with van der Waals surface area (Å²) in [5.74, 6) is 0.404. The molecule has 1 amide bonds. The average molecular weight is 494 g/mol. The number of carbonyl (C=O) groups is 2. The van der Waals surface area contributed by atoms with E-state index in [2.05, 4.69) is 5.32 Å². The van der Waals surface area contributed by atoms with Crippen LogP contribution in [0.2, 0.25) is 5.02 Å². The second-order valence-electron chi connectivity index (χ2n) is 7.72. The first kappa shape index (κ1) is 25.8. The van der Waals surface area contributed by atoms with Crippen LogP contribution in [0.4, 0.5) is 5.69 Å². The molecule has 0 aliphatic heterocycles. The van der Waals surface area contributed by atoms with Gasteiger partial charge in [0.05, 0.1) is 19.3 Å². The van der Waals surface area contributed by atoms with E-state index in [-0.39, 0.29) is 5.91 Å². The zero-order valence-electron chi connectivity index (χ0n) is 19.8. The number of methoxy groups -OCH3 is 1. The van der Waals surface area contributed by atoms with Gasteiger partial charge in [0.15, 0.2) is 11.5 Å². The molecule has 0 saturated carbocycles. The van der Waals surface area contributed by atoms with E-state index >= 15 is 0 Å². The third-order valence-electron chi connectivity index (χ3n) is 5.02. The number of carbonyl (C=O) groups excluding carboxylic acids is 2. The Morgan fingerprint density at radius 3 is 2.54 bits per heavy atom. The SMILES string of the molecule is CCCCOC(=O)c1cccc(NC(=O)/C=C/c2ccc(OCc3ccc(Cl)cc3)c(OC)c2)c1. The van der Waals surface area contributed by atoms with Gasteiger partial charge in [-0.05, 0) is 66.1 Å². The summed E-state index contributed by atoms with van der Waals surface area (Å²) in [5.41, 5.74) is 2.65. The van der Waals surface area contributed by atoms with Gasteiger partial charge < -0.3 is 19.5 Å². The first-order valence-corrected chi connectivity index (χ1v) is 11.7. The Labute approximate surface area is 210 Å². The van der Waals surface area contributed by atoms with Gasteiger partial charge >= 0.3 is 5.97 Å². The molecule has 182 valence electrons. The molecule has 0 aliphatic carbocycles. The molecule has 0 spiro atoms. The molecular weight excluding hydrogens is 466 g/mol. The van der Waals surface area contributed by atoms with Crippen LogP contribution in [0.5, 0.6) is 11.5 Å².